The highest BCUT2D eigenvalue weighted by Crippen LogP contribution is 2.34. The highest BCUT2D eigenvalue weighted by molar-refractivity contribution is 5.69. The molecule has 0 spiro atoms. The Kier molecular flexibility index (Phi) is 4.54. The van der Waals surface area contributed by atoms with Crippen molar-refractivity contribution in [1.29, 1.82) is 0 Å². The molecule has 2 aliphatic heterocycles. The van der Waals surface area contributed by atoms with Gasteiger partial charge in [0.25, 0.3) is 0 Å². The van der Waals surface area contributed by atoms with Gasteiger partial charge in [0.2, 0.25) is 0 Å². The maximum Gasteiger partial charge on any atom is 0.410 e. The molecular weight excluding hydrogens is 338 g/mol. The average Bonchev–Trinajstić information content (AvgIpc) is 3.03. The van der Waals surface area contributed by atoms with Gasteiger partial charge < -0.3 is 15.0 Å². The Hall–Kier alpha value is -2.56. The smallest absolute Gasteiger partial charge is 0.410 e. The van der Waals surface area contributed by atoms with Crippen LogP contribution in [-0.4, -0.2) is 34.7 Å². The lowest BCUT2D eigenvalue weighted by Gasteiger charge is -2.24. The van der Waals surface area contributed by atoms with Crippen LogP contribution in [-0.2, 0) is 17.6 Å². The van der Waals surface area contributed by atoms with Gasteiger partial charge in [0.15, 0.2) is 0 Å². The summed E-state index contributed by atoms with van der Waals surface area (Å²) >= 11 is 0. The van der Waals surface area contributed by atoms with Gasteiger partial charge >= 0.3 is 6.09 Å². The number of aryl methyl sites for hydroxylation is 2. The van der Waals surface area contributed by atoms with Crippen LogP contribution < -0.4 is 5.32 Å². The van der Waals surface area contributed by atoms with E-state index in [2.05, 4.69) is 34.6 Å². The van der Waals surface area contributed by atoms with E-state index in [0.717, 1.165) is 43.9 Å². The van der Waals surface area contributed by atoms with E-state index >= 15 is 0 Å². The maximum absolute atomic E-state index is 12.3. The number of amides is 1. The number of rotatable bonds is 1. The molecule has 1 fully saturated rings. The molecule has 1 saturated heterocycles. The molecular formula is C22H27N3O2. The Morgan fingerprint density at radius 2 is 2.04 bits per heavy atom. The van der Waals surface area contributed by atoms with E-state index in [1.54, 1.807) is 0 Å². The summed E-state index contributed by atoms with van der Waals surface area (Å²) in [7, 11) is 0. The third-order valence-electron chi connectivity index (χ3n) is 5.25. The van der Waals surface area contributed by atoms with Crippen LogP contribution in [0.3, 0.4) is 0 Å². The van der Waals surface area contributed by atoms with Crippen molar-refractivity contribution < 1.29 is 9.53 Å². The van der Waals surface area contributed by atoms with Crippen LogP contribution in [0.2, 0.25) is 0 Å². The number of carbonyl (C=O) groups excluding carboxylic acids is 1. The molecule has 2 aliphatic rings. The topological polar surface area (TPSA) is 54.5 Å². The lowest BCUT2D eigenvalue weighted by Crippen LogP contribution is -2.35. The zero-order valence-electron chi connectivity index (χ0n) is 16.3. The second kappa shape index (κ2) is 6.87. The maximum atomic E-state index is 12.3. The van der Waals surface area contributed by atoms with Gasteiger partial charge in [0.05, 0.1) is 0 Å². The number of ether oxygens (including phenoxy) is 1. The average molecular weight is 365 g/mol. The molecule has 1 N–H and O–H groups in total. The number of nitrogens with zero attached hydrogens (tertiary/aromatic N) is 2. The van der Waals surface area contributed by atoms with Crippen molar-refractivity contribution in [3.8, 4) is 0 Å². The normalized spacial score (nSPS) is 18.9. The van der Waals surface area contributed by atoms with Gasteiger partial charge in [-0.25, -0.2) is 9.78 Å². The number of aromatic nitrogens is 1. The van der Waals surface area contributed by atoms with Crippen molar-refractivity contribution in [1.82, 2.24) is 9.88 Å². The Bertz CT molecular complexity index is 857. The number of likely N-dealkylation sites (tertiary alicyclic amines) is 1. The fraction of sp³-hybridized carbons (Fsp3) is 0.455. The molecule has 2 aromatic rings. The molecule has 1 amide bonds. The predicted molar refractivity (Wildman–Crippen MR) is 107 cm³/mol. The van der Waals surface area contributed by atoms with E-state index in [9.17, 15) is 4.79 Å². The summed E-state index contributed by atoms with van der Waals surface area (Å²) in [5.74, 6) is 1.33. The van der Waals surface area contributed by atoms with E-state index in [1.165, 1.54) is 16.7 Å². The summed E-state index contributed by atoms with van der Waals surface area (Å²) in [6.45, 7) is 7.20. The standard InChI is InChI=1S/C22H27N3O2/c1-22(2,3)27-21(26)25-12-10-18(14-25)16-8-9-19-17(13-16)7-6-15-5-4-11-23-20(15)24-19/h4-5,8-9,11,13,18H,6-7,10,12,14H2,1-3H3,(H,23,24). The summed E-state index contributed by atoms with van der Waals surface area (Å²) < 4.78 is 5.52. The first-order valence-electron chi connectivity index (χ1n) is 9.71. The summed E-state index contributed by atoms with van der Waals surface area (Å²) in [5, 5.41) is 3.48. The van der Waals surface area contributed by atoms with Crippen LogP contribution in [0.15, 0.2) is 36.5 Å². The summed E-state index contributed by atoms with van der Waals surface area (Å²) in [6.07, 6.45) is 4.59. The van der Waals surface area contributed by atoms with Crippen molar-refractivity contribution in [2.75, 3.05) is 18.4 Å². The summed E-state index contributed by atoms with van der Waals surface area (Å²) in [4.78, 5) is 18.6. The minimum Gasteiger partial charge on any atom is -0.444 e. The second-order valence-corrected chi connectivity index (χ2v) is 8.46. The Balaban J connectivity index is 1.48. The SMILES string of the molecule is CC(C)(C)OC(=O)N1CCC(c2ccc3c(c2)CCc2cccnc2N3)C1. The lowest BCUT2D eigenvalue weighted by molar-refractivity contribution is 0.0292. The quantitative estimate of drug-likeness (QED) is 0.799. The zero-order valence-corrected chi connectivity index (χ0v) is 16.3. The van der Waals surface area contributed by atoms with Crippen LogP contribution in [0.4, 0.5) is 16.3 Å². The number of hydrogen-bond donors (Lipinski definition) is 1. The van der Waals surface area contributed by atoms with E-state index in [1.807, 2.05) is 37.9 Å². The first-order valence-corrected chi connectivity index (χ1v) is 9.71. The minimum atomic E-state index is -0.450. The van der Waals surface area contributed by atoms with E-state index < -0.39 is 5.60 Å². The summed E-state index contributed by atoms with van der Waals surface area (Å²) in [6, 6.07) is 10.8. The zero-order chi connectivity index (χ0) is 19.0. The molecule has 1 unspecified atom stereocenters. The third-order valence-corrected chi connectivity index (χ3v) is 5.25. The van der Waals surface area contributed by atoms with Gasteiger partial charge in [-0.05, 0) is 68.9 Å². The molecule has 0 saturated carbocycles. The van der Waals surface area contributed by atoms with E-state index in [0.29, 0.717) is 5.92 Å². The van der Waals surface area contributed by atoms with Gasteiger partial charge in [-0.1, -0.05) is 18.2 Å². The molecule has 27 heavy (non-hydrogen) atoms. The lowest BCUT2D eigenvalue weighted by atomic mass is 9.94. The van der Waals surface area contributed by atoms with Crippen LogP contribution in [0.1, 0.15) is 49.8 Å². The molecule has 5 heteroatoms. The molecule has 5 nitrogen and oxygen atoms in total. The molecule has 0 bridgehead atoms. The van der Waals surface area contributed by atoms with Crippen molar-refractivity contribution in [2.24, 2.45) is 0 Å². The van der Waals surface area contributed by atoms with Crippen molar-refractivity contribution in [2.45, 2.75) is 51.6 Å². The minimum absolute atomic E-state index is 0.206. The first kappa shape index (κ1) is 17.8. The number of anilines is 2. The number of benzene rings is 1. The van der Waals surface area contributed by atoms with Crippen LogP contribution in [0.5, 0.6) is 0 Å². The van der Waals surface area contributed by atoms with Gasteiger partial charge in [0, 0.05) is 30.9 Å². The number of pyridine rings is 1. The Labute approximate surface area is 160 Å². The molecule has 142 valence electrons. The molecule has 1 aromatic heterocycles. The van der Waals surface area contributed by atoms with E-state index in [-0.39, 0.29) is 6.09 Å². The molecule has 1 aromatic carbocycles. The van der Waals surface area contributed by atoms with Gasteiger partial charge in [-0.2, -0.15) is 0 Å². The fourth-order valence-electron chi connectivity index (χ4n) is 3.87. The van der Waals surface area contributed by atoms with Crippen molar-refractivity contribution in [3.05, 3.63) is 53.2 Å². The Morgan fingerprint density at radius 3 is 2.85 bits per heavy atom. The largest absolute Gasteiger partial charge is 0.444 e. The first-order chi connectivity index (χ1) is 12.9. The number of hydrogen-bond acceptors (Lipinski definition) is 4. The molecule has 4 rings (SSSR count). The van der Waals surface area contributed by atoms with Crippen LogP contribution in [0, 0.1) is 0 Å². The number of carbonyl (C=O) groups is 1. The number of fused-ring (bicyclic) bond motifs is 2. The molecule has 3 heterocycles. The van der Waals surface area contributed by atoms with E-state index in [4.69, 9.17) is 4.74 Å². The fourth-order valence-corrected chi connectivity index (χ4v) is 3.87. The van der Waals surface area contributed by atoms with Crippen LogP contribution >= 0.6 is 0 Å². The molecule has 0 aliphatic carbocycles. The second-order valence-electron chi connectivity index (χ2n) is 8.46. The molecule has 0 radical (unpaired) electrons. The van der Waals surface area contributed by atoms with Gasteiger partial charge in [-0.15, -0.1) is 0 Å². The monoisotopic (exact) mass is 365 g/mol. The van der Waals surface area contributed by atoms with Crippen molar-refractivity contribution >= 4 is 17.6 Å². The number of nitrogens with one attached hydrogen (secondary N) is 1. The predicted octanol–water partition coefficient (Wildman–Crippen LogP) is 4.65. The highest BCUT2D eigenvalue weighted by Gasteiger charge is 2.31. The summed E-state index contributed by atoms with van der Waals surface area (Å²) in [5.41, 5.74) is 4.57. The van der Waals surface area contributed by atoms with Crippen LogP contribution in [0.25, 0.3) is 0 Å². The third kappa shape index (κ3) is 3.92. The van der Waals surface area contributed by atoms with Gasteiger partial charge in [-0.3, -0.25) is 0 Å². The van der Waals surface area contributed by atoms with Gasteiger partial charge in [0.1, 0.15) is 11.4 Å². The molecule has 1 atom stereocenters. The highest BCUT2D eigenvalue weighted by atomic mass is 16.6. The Morgan fingerprint density at radius 1 is 1.22 bits per heavy atom. The van der Waals surface area contributed by atoms with Crippen molar-refractivity contribution in [3.63, 3.8) is 0 Å².